The second-order valence-electron chi connectivity index (χ2n) is 7.74. The Kier molecular flexibility index (Phi) is 7.34. The lowest BCUT2D eigenvalue weighted by atomic mass is 9.89. The van der Waals surface area contributed by atoms with Crippen LogP contribution in [0.3, 0.4) is 0 Å². The number of halogens is 1. The van der Waals surface area contributed by atoms with Crippen molar-refractivity contribution in [3.05, 3.63) is 60.2 Å². The van der Waals surface area contributed by atoms with Gasteiger partial charge in [0, 0.05) is 37.7 Å². The molecule has 6 nitrogen and oxygen atoms in total. The summed E-state index contributed by atoms with van der Waals surface area (Å²) < 4.78 is 5.71. The third-order valence-corrected chi connectivity index (χ3v) is 5.91. The molecule has 30 heavy (non-hydrogen) atoms. The maximum atomic E-state index is 12.7. The molecule has 2 aliphatic heterocycles. The predicted octanol–water partition coefficient (Wildman–Crippen LogP) is 2.81. The highest BCUT2D eigenvalue weighted by Gasteiger charge is 2.35. The number of hydrogen-bond acceptors (Lipinski definition) is 4. The van der Waals surface area contributed by atoms with Crippen molar-refractivity contribution in [2.24, 2.45) is 11.7 Å². The van der Waals surface area contributed by atoms with Crippen molar-refractivity contribution in [3.8, 4) is 5.75 Å². The monoisotopic (exact) mass is 429 g/mol. The van der Waals surface area contributed by atoms with Gasteiger partial charge in [0.1, 0.15) is 5.75 Å². The molecule has 0 aliphatic carbocycles. The number of nitrogens with two attached hydrogens (primary N) is 1. The summed E-state index contributed by atoms with van der Waals surface area (Å²) in [4.78, 5) is 28.2. The molecule has 0 spiro atoms. The van der Waals surface area contributed by atoms with Crippen LogP contribution in [0.4, 0.5) is 5.69 Å². The third-order valence-electron chi connectivity index (χ3n) is 5.91. The molecule has 0 bridgehead atoms. The van der Waals surface area contributed by atoms with Crippen molar-refractivity contribution in [3.63, 3.8) is 0 Å². The number of rotatable bonds is 6. The molecule has 0 saturated carbocycles. The van der Waals surface area contributed by atoms with E-state index in [0.717, 1.165) is 18.7 Å². The van der Waals surface area contributed by atoms with Gasteiger partial charge >= 0.3 is 0 Å². The fourth-order valence-corrected chi connectivity index (χ4v) is 4.27. The van der Waals surface area contributed by atoms with Crippen LogP contribution in [0.2, 0.25) is 0 Å². The Morgan fingerprint density at radius 3 is 2.43 bits per heavy atom. The average Bonchev–Trinajstić information content (AvgIpc) is 3.39. The molecule has 2 aromatic rings. The third kappa shape index (κ3) is 4.77. The number of benzene rings is 2. The van der Waals surface area contributed by atoms with Crippen LogP contribution in [0.25, 0.3) is 0 Å². The van der Waals surface area contributed by atoms with E-state index < -0.39 is 0 Å². The van der Waals surface area contributed by atoms with Crippen molar-refractivity contribution in [1.82, 2.24) is 4.90 Å². The van der Waals surface area contributed by atoms with E-state index in [-0.39, 0.29) is 42.7 Å². The van der Waals surface area contributed by atoms with Crippen LogP contribution in [0.15, 0.2) is 54.6 Å². The molecule has 2 N–H and O–H groups in total. The molecule has 2 heterocycles. The van der Waals surface area contributed by atoms with Crippen LogP contribution in [-0.2, 0) is 9.59 Å². The summed E-state index contributed by atoms with van der Waals surface area (Å²) in [5, 5.41) is 0. The minimum absolute atomic E-state index is 0. The first kappa shape index (κ1) is 22.1. The molecular formula is C23H28ClN3O3. The highest BCUT2D eigenvalue weighted by Crippen LogP contribution is 2.32. The van der Waals surface area contributed by atoms with E-state index in [4.69, 9.17) is 10.5 Å². The number of ether oxygens (including phenoxy) is 1. The van der Waals surface area contributed by atoms with Crippen molar-refractivity contribution >= 4 is 29.9 Å². The summed E-state index contributed by atoms with van der Waals surface area (Å²) in [7, 11) is 0. The van der Waals surface area contributed by atoms with E-state index in [0.29, 0.717) is 31.8 Å². The van der Waals surface area contributed by atoms with Crippen LogP contribution in [-0.4, -0.2) is 49.5 Å². The highest BCUT2D eigenvalue weighted by molar-refractivity contribution is 5.95. The van der Waals surface area contributed by atoms with Gasteiger partial charge in [0.05, 0.1) is 0 Å². The zero-order valence-electron chi connectivity index (χ0n) is 16.9. The Morgan fingerprint density at radius 1 is 1.07 bits per heavy atom. The SMILES string of the molecule is Cl.NC[C@@H]1CN(C(=O)COc2ccc(N3CCCC3=O)cc2)C[C@H]1c1ccccc1. The minimum atomic E-state index is -0.0271. The zero-order valence-corrected chi connectivity index (χ0v) is 17.7. The first-order chi connectivity index (χ1) is 14.2. The molecule has 0 radical (unpaired) electrons. The van der Waals surface area contributed by atoms with Gasteiger partial charge in [-0.25, -0.2) is 0 Å². The molecule has 2 fully saturated rings. The Morgan fingerprint density at radius 2 is 1.80 bits per heavy atom. The number of anilines is 1. The zero-order chi connectivity index (χ0) is 20.2. The Balaban J connectivity index is 0.00000256. The van der Waals surface area contributed by atoms with Gasteiger partial charge in [-0.1, -0.05) is 30.3 Å². The molecule has 2 saturated heterocycles. The summed E-state index contributed by atoms with van der Waals surface area (Å²) in [5.74, 6) is 1.29. The molecule has 0 aromatic heterocycles. The lowest BCUT2D eigenvalue weighted by Gasteiger charge is -2.18. The molecule has 2 aliphatic rings. The summed E-state index contributed by atoms with van der Waals surface area (Å²) >= 11 is 0. The summed E-state index contributed by atoms with van der Waals surface area (Å²) in [6.07, 6.45) is 1.51. The number of amides is 2. The number of carbonyl (C=O) groups excluding carboxylic acids is 2. The Bertz CT molecular complexity index is 860. The van der Waals surface area contributed by atoms with E-state index >= 15 is 0 Å². The fourth-order valence-electron chi connectivity index (χ4n) is 4.27. The predicted molar refractivity (Wildman–Crippen MR) is 119 cm³/mol. The molecular weight excluding hydrogens is 402 g/mol. The van der Waals surface area contributed by atoms with Crippen LogP contribution in [0.1, 0.15) is 24.3 Å². The minimum Gasteiger partial charge on any atom is -0.484 e. The van der Waals surface area contributed by atoms with Gasteiger partial charge in [-0.3, -0.25) is 9.59 Å². The van der Waals surface area contributed by atoms with Crippen molar-refractivity contribution < 1.29 is 14.3 Å². The molecule has 2 aromatic carbocycles. The maximum Gasteiger partial charge on any atom is 0.260 e. The van der Waals surface area contributed by atoms with Crippen LogP contribution >= 0.6 is 12.4 Å². The Labute approximate surface area is 183 Å². The molecule has 0 unspecified atom stereocenters. The fraction of sp³-hybridized carbons (Fsp3) is 0.391. The molecule has 4 rings (SSSR count). The van der Waals surface area contributed by atoms with Gasteiger partial charge in [-0.05, 0) is 48.7 Å². The topological polar surface area (TPSA) is 75.9 Å². The molecule has 160 valence electrons. The van der Waals surface area contributed by atoms with E-state index in [1.807, 2.05) is 47.4 Å². The number of carbonyl (C=O) groups is 2. The van der Waals surface area contributed by atoms with Crippen LogP contribution in [0, 0.1) is 5.92 Å². The molecule has 2 amide bonds. The second-order valence-corrected chi connectivity index (χ2v) is 7.74. The standard InChI is InChI=1S/C23H27N3O3.ClH/c24-13-18-14-25(15-21(18)17-5-2-1-3-6-17)23(28)16-29-20-10-8-19(9-11-20)26-12-4-7-22(26)27;/h1-3,5-6,8-11,18,21H,4,7,12-16,24H2;1H/t18-,21+;/m1./s1. The normalized spacial score (nSPS) is 20.9. The van der Waals surface area contributed by atoms with Crippen LogP contribution < -0.4 is 15.4 Å². The van der Waals surface area contributed by atoms with E-state index in [1.165, 1.54) is 5.56 Å². The number of hydrogen-bond donors (Lipinski definition) is 1. The van der Waals surface area contributed by atoms with E-state index in [9.17, 15) is 9.59 Å². The van der Waals surface area contributed by atoms with Crippen LogP contribution in [0.5, 0.6) is 5.75 Å². The maximum absolute atomic E-state index is 12.7. The summed E-state index contributed by atoms with van der Waals surface area (Å²) in [6.45, 7) is 2.65. The lowest BCUT2D eigenvalue weighted by Crippen LogP contribution is -2.33. The smallest absolute Gasteiger partial charge is 0.260 e. The highest BCUT2D eigenvalue weighted by atomic mass is 35.5. The van der Waals surface area contributed by atoms with Crippen molar-refractivity contribution in [2.75, 3.05) is 37.7 Å². The average molecular weight is 430 g/mol. The quantitative estimate of drug-likeness (QED) is 0.766. The van der Waals surface area contributed by atoms with Gasteiger partial charge in [0.25, 0.3) is 5.91 Å². The van der Waals surface area contributed by atoms with Crippen molar-refractivity contribution in [2.45, 2.75) is 18.8 Å². The summed E-state index contributed by atoms with van der Waals surface area (Å²) in [5.41, 5.74) is 8.07. The van der Waals surface area contributed by atoms with Gasteiger partial charge in [0.2, 0.25) is 5.91 Å². The van der Waals surface area contributed by atoms with Gasteiger partial charge < -0.3 is 20.3 Å². The van der Waals surface area contributed by atoms with E-state index in [2.05, 4.69) is 12.1 Å². The Hall–Kier alpha value is -2.57. The number of nitrogens with zero attached hydrogens (tertiary/aromatic N) is 2. The molecule has 2 atom stereocenters. The number of likely N-dealkylation sites (tertiary alicyclic amines) is 1. The summed E-state index contributed by atoms with van der Waals surface area (Å²) in [6, 6.07) is 17.6. The first-order valence-corrected chi connectivity index (χ1v) is 10.2. The van der Waals surface area contributed by atoms with Gasteiger partial charge in [0.15, 0.2) is 6.61 Å². The first-order valence-electron chi connectivity index (χ1n) is 10.2. The van der Waals surface area contributed by atoms with Gasteiger partial charge in [-0.2, -0.15) is 0 Å². The van der Waals surface area contributed by atoms with E-state index in [1.54, 1.807) is 4.90 Å². The van der Waals surface area contributed by atoms with Crippen molar-refractivity contribution in [1.29, 1.82) is 0 Å². The molecule has 7 heteroatoms. The second kappa shape index (κ2) is 9.96. The lowest BCUT2D eigenvalue weighted by molar-refractivity contribution is -0.132. The van der Waals surface area contributed by atoms with Gasteiger partial charge in [-0.15, -0.1) is 12.4 Å². The largest absolute Gasteiger partial charge is 0.484 e.